The van der Waals surface area contributed by atoms with Gasteiger partial charge < -0.3 is 16.8 Å². The third-order valence-electron chi connectivity index (χ3n) is 2.86. The second kappa shape index (κ2) is 5.97. The van der Waals surface area contributed by atoms with Gasteiger partial charge in [-0.25, -0.2) is 0 Å². The van der Waals surface area contributed by atoms with Gasteiger partial charge in [0.05, 0.1) is 5.56 Å². The number of thiocarbonyl (C=S) groups is 1. The minimum Gasteiger partial charge on any atom is -0.389 e. The van der Waals surface area contributed by atoms with Crippen LogP contribution in [0.25, 0.3) is 0 Å². The summed E-state index contributed by atoms with van der Waals surface area (Å²) in [6, 6.07) is 1.34. The van der Waals surface area contributed by atoms with Crippen molar-refractivity contribution in [3.8, 4) is 0 Å². The number of anilines is 1. The second-order valence-electron chi connectivity index (χ2n) is 4.90. The Morgan fingerprint density at radius 1 is 1.37 bits per heavy atom. The molecular formula is C13H20N4OS. The van der Waals surface area contributed by atoms with E-state index in [1.165, 1.54) is 0 Å². The number of nitrogens with two attached hydrogens (primary N) is 2. The first-order valence-electron chi connectivity index (χ1n) is 6.08. The van der Waals surface area contributed by atoms with Gasteiger partial charge in [0, 0.05) is 17.1 Å². The van der Waals surface area contributed by atoms with Crippen molar-refractivity contribution in [3.63, 3.8) is 0 Å². The summed E-state index contributed by atoms with van der Waals surface area (Å²) in [7, 11) is 0. The fourth-order valence-electron chi connectivity index (χ4n) is 1.99. The van der Waals surface area contributed by atoms with Crippen molar-refractivity contribution >= 4 is 28.8 Å². The number of hydrogen-bond donors (Lipinski definition) is 3. The van der Waals surface area contributed by atoms with Crippen LogP contribution in [0, 0.1) is 19.8 Å². The normalized spacial score (nSPS) is 12.3. The Balaban J connectivity index is 3.26. The van der Waals surface area contributed by atoms with Crippen molar-refractivity contribution < 1.29 is 4.79 Å². The lowest BCUT2D eigenvalue weighted by molar-refractivity contribution is -0.119. The molecule has 19 heavy (non-hydrogen) atoms. The number of amides is 1. The quantitative estimate of drug-likeness (QED) is 0.706. The van der Waals surface area contributed by atoms with Crippen LogP contribution in [0.3, 0.4) is 0 Å². The highest BCUT2D eigenvalue weighted by molar-refractivity contribution is 7.80. The van der Waals surface area contributed by atoms with Crippen LogP contribution in [0.1, 0.15) is 30.8 Å². The molecule has 1 rings (SSSR count). The predicted octanol–water partition coefficient (Wildman–Crippen LogP) is 1.25. The largest absolute Gasteiger partial charge is 0.389 e. The lowest BCUT2D eigenvalue weighted by atomic mass is 10.0. The molecule has 104 valence electrons. The van der Waals surface area contributed by atoms with E-state index in [4.69, 9.17) is 23.7 Å². The second-order valence-corrected chi connectivity index (χ2v) is 5.34. The zero-order valence-corrected chi connectivity index (χ0v) is 12.5. The molecule has 1 unspecified atom stereocenters. The number of nitrogens with zero attached hydrogens (tertiary/aromatic N) is 1. The maximum Gasteiger partial charge on any atom is 0.240 e. The minimum atomic E-state index is -0.478. The Kier molecular flexibility index (Phi) is 4.83. The van der Waals surface area contributed by atoms with E-state index in [9.17, 15) is 4.79 Å². The molecule has 0 spiro atoms. The van der Waals surface area contributed by atoms with Crippen LogP contribution in [0.5, 0.6) is 0 Å². The Morgan fingerprint density at radius 3 is 2.37 bits per heavy atom. The van der Waals surface area contributed by atoms with Crippen molar-refractivity contribution in [2.75, 3.05) is 5.32 Å². The summed E-state index contributed by atoms with van der Waals surface area (Å²) in [5.74, 6) is -0.346. The Bertz CT molecular complexity index is 514. The molecule has 0 aliphatic heterocycles. The van der Waals surface area contributed by atoms with Crippen LogP contribution in [-0.2, 0) is 4.79 Å². The van der Waals surface area contributed by atoms with Gasteiger partial charge in [0.15, 0.2) is 0 Å². The number of carbonyl (C=O) groups excluding carboxylic acids is 1. The van der Waals surface area contributed by atoms with Crippen LogP contribution < -0.4 is 16.8 Å². The Hall–Kier alpha value is -1.69. The Labute approximate surface area is 118 Å². The van der Waals surface area contributed by atoms with Crippen LogP contribution >= 0.6 is 12.2 Å². The molecule has 0 radical (unpaired) electrons. The monoisotopic (exact) mass is 280 g/mol. The molecule has 0 fully saturated rings. The summed E-state index contributed by atoms with van der Waals surface area (Å²) in [6.07, 6.45) is 0. The number of primary amides is 1. The third kappa shape index (κ3) is 3.64. The topological polar surface area (TPSA) is 94.0 Å². The molecule has 0 saturated carbocycles. The zero-order chi connectivity index (χ0) is 14.7. The number of carbonyl (C=O) groups is 1. The summed E-state index contributed by atoms with van der Waals surface area (Å²) >= 11 is 5.05. The van der Waals surface area contributed by atoms with Gasteiger partial charge in [-0.15, -0.1) is 0 Å². The van der Waals surface area contributed by atoms with Gasteiger partial charge in [-0.2, -0.15) is 0 Å². The maximum atomic E-state index is 11.5. The number of rotatable bonds is 5. The number of nitrogens with one attached hydrogen (secondary N) is 1. The molecule has 1 atom stereocenters. The Morgan fingerprint density at radius 2 is 1.95 bits per heavy atom. The van der Waals surface area contributed by atoms with Crippen molar-refractivity contribution in [2.24, 2.45) is 17.4 Å². The molecule has 0 aromatic carbocycles. The average Bonchev–Trinajstić information content (AvgIpc) is 2.23. The van der Waals surface area contributed by atoms with Crippen LogP contribution in [0.4, 0.5) is 5.69 Å². The number of aromatic nitrogens is 1. The van der Waals surface area contributed by atoms with Crippen LogP contribution in [-0.4, -0.2) is 21.9 Å². The van der Waals surface area contributed by atoms with E-state index in [1.807, 2.05) is 33.8 Å². The third-order valence-corrected chi connectivity index (χ3v) is 3.06. The zero-order valence-electron chi connectivity index (χ0n) is 11.7. The van der Waals surface area contributed by atoms with E-state index >= 15 is 0 Å². The molecule has 6 heteroatoms. The molecule has 5 N–H and O–H groups in total. The highest BCUT2D eigenvalue weighted by Gasteiger charge is 2.21. The molecule has 0 saturated heterocycles. The van der Waals surface area contributed by atoms with E-state index < -0.39 is 11.9 Å². The summed E-state index contributed by atoms with van der Waals surface area (Å²) < 4.78 is 0. The van der Waals surface area contributed by atoms with Gasteiger partial charge in [0.25, 0.3) is 0 Å². The molecule has 0 bridgehead atoms. The number of pyridine rings is 1. The smallest absolute Gasteiger partial charge is 0.240 e. The van der Waals surface area contributed by atoms with Crippen molar-refractivity contribution in [2.45, 2.75) is 33.7 Å². The molecule has 1 amide bonds. The molecule has 1 heterocycles. The average molecular weight is 280 g/mol. The lowest BCUT2D eigenvalue weighted by Gasteiger charge is -2.22. The van der Waals surface area contributed by atoms with Crippen LogP contribution in [0.2, 0.25) is 0 Å². The van der Waals surface area contributed by atoms with Gasteiger partial charge in [-0.3, -0.25) is 9.78 Å². The highest BCUT2D eigenvalue weighted by atomic mass is 32.1. The first-order chi connectivity index (χ1) is 8.73. The first-order valence-corrected chi connectivity index (χ1v) is 6.48. The van der Waals surface area contributed by atoms with E-state index in [1.54, 1.807) is 0 Å². The minimum absolute atomic E-state index is 0.0606. The summed E-state index contributed by atoms with van der Waals surface area (Å²) in [5, 5.41) is 3.13. The van der Waals surface area contributed by atoms with E-state index in [0.29, 0.717) is 11.3 Å². The van der Waals surface area contributed by atoms with E-state index in [0.717, 1.165) is 11.4 Å². The van der Waals surface area contributed by atoms with Crippen molar-refractivity contribution in [3.05, 3.63) is 23.0 Å². The van der Waals surface area contributed by atoms with Crippen LogP contribution in [0.15, 0.2) is 6.07 Å². The van der Waals surface area contributed by atoms with E-state index in [2.05, 4.69) is 10.3 Å². The fourth-order valence-corrected chi connectivity index (χ4v) is 2.25. The molecule has 0 aliphatic rings. The number of aryl methyl sites for hydroxylation is 2. The predicted molar refractivity (Wildman–Crippen MR) is 81.0 cm³/mol. The molecular weight excluding hydrogens is 260 g/mol. The van der Waals surface area contributed by atoms with Crippen molar-refractivity contribution in [1.29, 1.82) is 0 Å². The van der Waals surface area contributed by atoms with Gasteiger partial charge in [-0.1, -0.05) is 26.1 Å². The number of hydrogen-bond acceptors (Lipinski definition) is 4. The highest BCUT2D eigenvalue weighted by Crippen LogP contribution is 2.22. The SMILES string of the molecule is Cc1cc(NC(C(N)=O)C(C)C)c(C(N)=S)c(C)n1. The molecule has 1 aromatic heterocycles. The summed E-state index contributed by atoms with van der Waals surface area (Å²) in [4.78, 5) is 16.1. The fraction of sp³-hybridized carbons (Fsp3) is 0.462. The summed E-state index contributed by atoms with van der Waals surface area (Å²) in [5.41, 5.74) is 14.1. The van der Waals surface area contributed by atoms with Gasteiger partial charge in [0.1, 0.15) is 11.0 Å². The molecule has 0 aliphatic carbocycles. The van der Waals surface area contributed by atoms with E-state index in [-0.39, 0.29) is 10.9 Å². The standard InChI is InChI=1S/C13H20N4OS/c1-6(2)11(12(14)18)17-9-5-7(3)16-8(4)10(9)13(15)19/h5-6,11H,1-4H3,(H2,14,18)(H2,15,19)(H,16,17). The first kappa shape index (κ1) is 15.4. The molecule has 5 nitrogen and oxygen atoms in total. The van der Waals surface area contributed by atoms with Gasteiger partial charge >= 0.3 is 0 Å². The van der Waals surface area contributed by atoms with Crippen molar-refractivity contribution in [1.82, 2.24) is 4.98 Å². The molecule has 1 aromatic rings. The summed E-state index contributed by atoms with van der Waals surface area (Å²) in [6.45, 7) is 7.55. The van der Waals surface area contributed by atoms with Gasteiger partial charge in [0.2, 0.25) is 5.91 Å². The maximum absolute atomic E-state index is 11.5. The van der Waals surface area contributed by atoms with Gasteiger partial charge in [-0.05, 0) is 25.8 Å². The lowest BCUT2D eigenvalue weighted by Crippen LogP contribution is -2.40.